The van der Waals surface area contributed by atoms with Gasteiger partial charge in [-0.05, 0) is 36.4 Å². The van der Waals surface area contributed by atoms with E-state index >= 15 is 0 Å². The lowest BCUT2D eigenvalue weighted by atomic mass is 10.2. The molecule has 0 atom stereocenters. The lowest BCUT2D eigenvalue weighted by Gasteiger charge is -1.97. The molecule has 3 nitrogen and oxygen atoms in total. The molecule has 0 aliphatic heterocycles. The molecule has 86 valence electrons. The van der Waals surface area contributed by atoms with Crippen LogP contribution in [0, 0.1) is 11.8 Å². The van der Waals surface area contributed by atoms with E-state index in [0.717, 1.165) is 16.6 Å². The molecule has 4 heteroatoms. The highest BCUT2D eigenvalue weighted by Crippen LogP contribution is 2.19. The summed E-state index contributed by atoms with van der Waals surface area (Å²) in [5.41, 5.74) is 1.89. The van der Waals surface area contributed by atoms with Crippen molar-refractivity contribution < 1.29 is 4.79 Å². The monoisotopic (exact) mass is 246 g/mol. The Bertz CT molecular complexity index is 619. The van der Waals surface area contributed by atoms with Gasteiger partial charge < -0.3 is 10.3 Å². The summed E-state index contributed by atoms with van der Waals surface area (Å²) in [4.78, 5) is 14.4. The highest BCUT2D eigenvalue weighted by molar-refractivity contribution is 6.31. The van der Waals surface area contributed by atoms with Crippen LogP contribution in [0.25, 0.3) is 10.9 Å². The number of carbonyl (C=O) groups is 1. The molecule has 2 rings (SSSR count). The number of hydrogen-bond acceptors (Lipinski definition) is 1. The third-order valence-electron chi connectivity index (χ3n) is 2.32. The van der Waals surface area contributed by atoms with Gasteiger partial charge in [-0.15, -0.1) is 0 Å². The number of fused-ring (bicyclic) bond motifs is 1. The molecule has 0 spiro atoms. The van der Waals surface area contributed by atoms with Gasteiger partial charge in [-0.25, -0.2) is 0 Å². The van der Waals surface area contributed by atoms with Crippen molar-refractivity contribution in [3.05, 3.63) is 35.0 Å². The third kappa shape index (κ3) is 2.80. The van der Waals surface area contributed by atoms with Crippen molar-refractivity contribution in [2.75, 3.05) is 0 Å². The summed E-state index contributed by atoms with van der Waals surface area (Å²) in [6.45, 7) is 2.06. The van der Waals surface area contributed by atoms with Crippen molar-refractivity contribution in [2.24, 2.45) is 0 Å². The fourth-order valence-electron chi connectivity index (χ4n) is 1.59. The molecular formula is C13H11ClN2O. The minimum absolute atomic E-state index is 0.274. The second-order valence-corrected chi connectivity index (χ2v) is 4.02. The van der Waals surface area contributed by atoms with Crippen molar-refractivity contribution in [2.45, 2.75) is 13.5 Å². The first kappa shape index (κ1) is 11.6. The maximum absolute atomic E-state index is 11.2. The number of H-pyrrole nitrogens is 1. The van der Waals surface area contributed by atoms with E-state index in [9.17, 15) is 4.79 Å². The van der Waals surface area contributed by atoms with Crippen molar-refractivity contribution in [3.63, 3.8) is 0 Å². The van der Waals surface area contributed by atoms with Gasteiger partial charge in [0.05, 0.1) is 6.54 Å². The summed E-state index contributed by atoms with van der Waals surface area (Å²) in [6.07, 6.45) is 0. The normalized spacial score (nSPS) is 9.76. The van der Waals surface area contributed by atoms with Gasteiger partial charge in [0.15, 0.2) is 0 Å². The van der Waals surface area contributed by atoms with Crippen molar-refractivity contribution in [1.82, 2.24) is 10.3 Å². The Morgan fingerprint density at radius 3 is 3.06 bits per heavy atom. The van der Waals surface area contributed by atoms with Crippen LogP contribution in [0.4, 0.5) is 0 Å². The molecule has 1 aromatic carbocycles. The standard InChI is InChI=1S/C13H11ClN2O/c1-2-3-13(17)15-8-11-6-9-4-5-10(14)7-12(9)16-11/h4-7,16H,8H2,1H3,(H,15,17). The van der Waals surface area contributed by atoms with Gasteiger partial charge in [-0.3, -0.25) is 4.79 Å². The van der Waals surface area contributed by atoms with Crippen molar-refractivity contribution in [3.8, 4) is 11.8 Å². The Morgan fingerprint density at radius 1 is 1.47 bits per heavy atom. The predicted octanol–water partition coefficient (Wildman–Crippen LogP) is 2.46. The van der Waals surface area contributed by atoms with Gasteiger partial charge >= 0.3 is 0 Å². The molecule has 0 aliphatic rings. The van der Waals surface area contributed by atoms with Crippen LogP contribution < -0.4 is 5.32 Å². The number of carbonyl (C=O) groups excluding carboxylic acids is 1. The van der Waals surface area contributed by atoms with Crippen LogP contribution in [0.2, 0.25) is 5.02 Å². The molecule has 1 amide bonds. The Hall–Kier alpha value is -1.92. The number of halogens is 1. The second kappa shape index (κ2) is 4.94. The van der Waals surface area contributed by atoms with Crippen LogP contribution in [0.1, 0.15) is 12.6 Å². The lowest BCUT2D eigenvalue weighted by Crippen LogP contribution is -2.20. The van der Waals surface area contributed by atoms with Crippen LogP contribution in [0.15, 0.2) is 24.3 Å². The average Bonchev–Trinajstić information content (AvgIpc) is 2.68. The van der Waals surface area contributed by atoms with Crippen LogP contribution in [0.5, 0.6) is 0 Å². The van der Waals surface area contributed by atoms with E-state index in [2.05, 4.69) is 22.1 Å². The number of amides is 1. The van der Waals surface area contributed by atoms with E-state index in [4.69, 9.17) is 11.6 Å². The summed E-state index contributed by atoms with van der Waals surface area (Å²) in [6, 6.07) is 7.60. The zero-order valence-corrected chi connectivity index (χ0v) is 10.1. The van der Waals surface area contributed by atoms with E-state index < -0.39 is 0 Å². The summed E-state index contributed by atoms with van der Waals surface area (Å²) in [5, 5.41) is 4.46. The number of benzene rings is 1. The number of aromatic nitrogens is 1. The Kier molecular flexibility index (Phi) is 3.36. The molecule has 0 aliphatic carbocycles. The molecule has 0 unspecified atom stereocenters. The summed E-state index contributed by atoms with van der Waals surface area (Å²) >= 11 is 5.89. The summed E-state index contributed by atoms with van der Waals surface area (Å²) in [7, 11) is 0. The fraction of sp³-hybridized carbons (Fsp3) is 0.154. The van der Waals surface area contributed by atoms with Crippen LogP contribution in [0.3, 0.4) is 0 Å². The highest BCUT2D eigenvalue weighted by atomic mass is 35.5. The molecule has 0 fully saturated rings. The van der Waals surface area contributed by atoms with Crippen molar-refractivity contribution in [1.29, 1.82) is 0 Å². The van der Waals surface area contributed by atoms with Gasteiger partial charge in [0.2, 0.25) is 0 Å². The largest absolute Gasteiger partial charge is 0.357 e. The molecule has 1 aromatic heterocycles. The second-order valence-electron chi connectivity index (χ2n) is 3.58. The highest BCUT2D eigenvalue weighted by Gasteiger charge is 2.02. The van der Waals surface area contributed by atoms with Gasteiger partial charge in [0.1, 0.15) is 0 Å². The SMILES string of the molecule is CC#CC(=O)NCc1cc2ccc(Cl)cc2[nH]1. The van der Waals surface area contributed by atoms with E-state index in [1.807, 2.05) is 24.3 Å². The molecule has 2 N–H and O–H groups in total. The van der Waals surface area contributed by atoms with Crippen LogP contribution in [-0.4, -0.2) is 10.9 Å². The molecule has 1 heterocycles. The molecule has 2 aromatic rings. The molecular weight excluding hydrogens is 236 g/mol. The van der Waals surface area contributed by atoms with Crippen LogP contribution >= 0.6 is 11.6 Å². The Morgan fingerprint density at radius 2 is 2.29 bits per heavy atom. The quantitative estimate of drug-likeness (QED) is 0.786. The topological polar surface area (TPSA) is 44.9 Å². The van der Waals surface area contributed by atoms with Gasteiger partial charge in [-0.1, -0.05) is 23.6 Å². The van der Waals surface area contributed by atoms with Crippen LogP contribution in [-0.2, 0) is 11.3 Å². The van der Waals surface area contributed by atoms with Gasteiger partial charge in [0, 0.05) is 16.2 Å². The van der Waals surface area contributed by atoms with E-state index in [-0.39, 0.29) is 5.91 Å². The number of rotatable bonds is 2. The Labute approximate surface area is 104 Å². The molecule has 0 saturated heterocycles. The molecule has 0 radical (unpaired) electrons. The minimum atomic E-state index is -0.274. The number of nitrogens with one attached hydrogen (secondary N) is 2. The first-order valence-electron chi connectivity index (χ1n) is 5.17. The maximum atomic E-state index is 11.2. The van der Waals surface area contributed by atoms with Crippen molar-refractivity contribution >= 4 is 28.4 Å². The summed E-state index contributed by atoms with van der Waals surface area (Å²) in [5.74, 6) is 4.70. The van der Waals surface area contributed by atoms with E-state index in [1.54, 1.807) is 6.92 Å². The fourth-order valence-corrected chi connectivity index (χ4v) is 1.76. The first-order chi connectivity index (χ1) is 8.19. The van der Waals surface area contributed by atoms with E-state index in [0.29, 0.717) is 11.6 Å². The predicted molar refractivity (Wildman–Crippen MR) is 68.6 cm³/mol. The zero-order chi connectivity index (χ0) is 12.3. The molecule has 17 heavy (non-hydrogen) atoms. The lowest BCUT2D eigenvalue weighted by molar-refractivity contribution is -0.115. The number of hydrogen-bond donors (Lipinski definition) is 2. The first-order valence-corrected chi connectivity index (χ1v) is 5.54. The summed E-state index contributed by atoms with van der Waals surface area (Å²) < 4.78 is 0. The molecule has 0 bridgehead atoms. The average molecular weight is 247 g/mol. The number of aromatic amines is 1. The maximum Gasteiger partial charge on any atom is 0.296 e. The zero-order valence-electron chi connectivity index (χ0n) is 9.30. The minimum Gasteiger partial charge on any atom is -0.357 e. The smallest absolute Gasteiger partial charge is 0.296 e. The van der Waals surface area contributed by atoms with E-state index in [1.165, 1.54) is 0 Å². The van der Waals surface area contributed by atoms with Gasteiger partial charge in [-0.2, -0.15) is 0 Å². The molecule has 0 saturated carbocycles. The third-order valence-corrected chi connectivity index (χ3v) is 2.55. The van der Waals surface area contributed by atoms with Gasteiger partial charge in [0.25, 0.3) is 5.91 Å². The Balaban J connectivity index is 2.13.